The summed E-state index contributed by atoms with van der Waals surface area (Å²) in [5, 5.41) is 3.48. The second-order valence-electron chi connectivity index (χ2n) is 7.87. The molecule has 2 aromatic rings. The smallest absolute Gasteiger partial charge is 0.321 e. The SMILES string of the molecule is O=C(Nc1ccc(Cl)cc1)N1CCC(N2CCN(Cc3ccccc3)C(=O)C2=O)CC1. The van der Waals surface area contributed by atoms with Gasteiger partial charge in [-0.15, -0.1) is 0 Å². The van der Waals surface area contributed by atoms with E-state index in [2.05, 4.69) is 5.32 Å². The zero-order valence-electron chi connectivity index (χ0n) is 17.2. The third-order valence-electron chi connectivity index (χ3n) is 5.85. The Labute approximate surface area is 186 Å². The van der Waals surface area contributed by atoms with Crippen LogP contribution in [0.3, 0.4) is 0 Å². The summed E-state index contributed by atoms with van der Waals surface area (Å²) in [6, 6.07) is 16.5. The molecule has 4 amide bonds. The number of hydrogen-bond donors (Lipinski definition) is 1. The summed E-state index contributed by atoms with van der Waals surface area (Å²) in [4.78, 5) is 42.9. The molecule has 0 atom stereocenters. The van der Waals surface area contributed by atoms with Crippen LogP contribution in [-0.2, 0) is 16.1 Å². The molecule has 0 spiro atoms. The summed E-state index contributed by atoms with van der Waals surface area (Å²) in [5.41, 5.74) is 1.70. The van der Waals surface area contributed by atoms with Crippen LogP contribution >= 0.6 is 11.6 Å². The van der Waals surface area contributed by atoms with Crippen LogP contribution in [0.25, 0.3) is 0 Å². The fraction of sp³-hybridized carbons (Fsp3) is 0.348. The maximum atomic E-state index is 12.7. The molecule has 162 valence electrons. The molecule has 2 aliphatic rings. The number of piperazine rings is 1. The first-order valence-electron chi connectivity index (χ1n) is 10.5. The molecular weight excluding hydrogens is 416 g/mol. The first-order chi connectivity index (χ1) is 15.0. The fourth-order valence-corrected chi connectivity index (χ4v) is 4.24. The minimum atomic E-state index is -0.446. The predicted octanol–water partition coefficient (Wildman–Crippen LogP) is 3.21. The Hall–Kier alpha value is -3.06. The quantitative estimate of drug-likeness (QED) is 0.742. The first kappa shape index (κ1) is 21.2. The number of halogens is 1. The topological polar surface area (TPSA) is 73.0 Å². The molecule has 0 bridgehead atoms. The molecular formula is C23H25ClN4O3. The van der Waals surface area contributed by atoms with Gasteiger partial charge in [-0.25, -0.2) is 4.79 Å². The molecule has 0 saturated carbocycles. The number of anilines is 1. The monoisotopic (exact) mass is 440 g/mol. The molecule has 4 rings (SSSR count). The van der Waals surface area contributed by atoms with Crippen LogP contribution in [-0.4, -0.2) is 64.8 Å². The van der Waals surface area contributed by atoms with E-state index in [9.17, 15) is 14.4 Å². The number of nitrogens with zero attached hydrogens (tertiary/aromatic N) is 3. The first-order valence-corrected chi connectivity index (χ1v) is 10.8. The Bertz CT molecular complexity index is 943. The van der Waals surface area contributed by atoms with Gasteiger partial charge in [0, 0.05) is 49.5 Å². The van der Waals surface area contributed by atoms with Crippen molar-refractivity contribution in [2.45, 2.75) is 25.4 Å². The molecule has 31 heavy (non-hydrogen) atoms. The average molecular weight is 441 g/mol. The average Bonchev–Trinajstić information content (AvgIpc) is 2.79. The molecule has 0 unspecified atom stereocenters. The lowest BCUT2D eigenvalue weighted by Gasteiger charge is -2.42. The number of rotatable bonds is 4. The van der Waals surface area contributed by atoms with Crippen molar-refractivity contribution in [3.8, 4) is 0 Å². The van der Waals surface area contributed by atoms with Gasteiger partial charge in [0.15, 0.2) is 0 Å². The number of nitrogens with one attached hydrogen (secondary N) is 1. The predicted molar refractivity (Wildman–Crippen MR) is 119 cm³/mol. The minimum absolute atomic E-state index is 0.0186. The summed E-state index contributed by atoms with van der Waals surface area (Å²) < 4.78 is 0. The van der Waals surface area contributed by atoms with E-state index in [1.54, 1.807) is 39.0 Å². The second kappa shape index (κ2) is 9.39. The van der Waals surface area contributed by atoms with Crippen molar-refractivity contribution in [3.05, 3.63) is 65.2 Å². The highest BCUT2D eigenvalue weighted by molar-refractivity contribution is 6.35. The largest absolute Gasteiger partial charge is 0.330 e. The highest BCUT2D eigenvalue weighted by Crippen LogP contribution is 2.21. The highest BCUT2D eigenvalue weighted by atomic mass is 35.5. The third kappa shape index (κ3) is 4.99. The number of hydrogen-bond acceptors (Lipinski definition) is 3. The van der Waals surface area contributed by atoms with E-state index in [-0.39, 0.29) is 12.1 Å². The molecule has 0 aromatic heterocycles. The second-order valence-corrected chi connectivity index (χ2v) is 8.30. The van der Waals surface area contributed by atoms with Crippen molar-refractivity contribution in [1.29, 1.82) is 0 Å². The van der Waals surface area contributed by atoms with Crippen LogP contribution in [0.15, 0.2) is 54.6 Å². The number of benzene rings is 2. The van der Waals surface area contributed by atoms with Gasteiger partial charge in [0.2, 0.25) is 0 Å². The van der Waals surface area contributed by atoms with Crippen LogP contribution in [0, 0.1) is 0 Å². The summed E-state index contributed by atoms with van der Waals surface area (Å²) in [6.45, 7) is 2.57. The van der Waals surface area contributed by atoms with E-state index < -0.39 is 11.8 Å². The molecule has 0 radical (unpaired) electrons. The number of urea groups is 1. The zero-order chi connectivity index (χ0) is 21.8. The van der Waals surface area contributed by atoms with E-state index in [0.717, 1.165) is 5.56 Å². The number of likely N-dealkylation sites (tertiary alicyclic amines) is 1. The molecule has 0 aliphatic carbocycles. The van der Waals surface area contributed by atoms with Gasteiger partial charge in [-0.2, -0.15) is 0 Å². The van der Waals surface area contributed by atoms with Gasteiger partial charge >= 0.3 is 17.8 Å². The number of piperidine rings is 1. The Morgan fingerprint density at radius 2 is 1.58 bits per heavy atom. The molecule has 1 N–H and O–H groups in total. The molecule has 2 heterocycles. The lowest BCUT2D eigenvalue weighted by Crippen LogP contribution is -2.59. The zero-order valence-corrected chi connectivity index (χ0v) is 17.9. The molecule has 8 heteroatoms. The van der Waals surface area contributed by atoms with Crippen molar-refractivity contribution in [1.82, 2.24) is 14.7 Å². The van der Waals surface area contributed by atoms with Crippen LogP contribution in [0.2, 0.25) is 5.02 Å². The number of amides is 4. The third-order valence-corrected chi connectivity index (χ3v) is 6.10. The molecule has 7 nitrogen and oxygen atoms in total. The minimum Gasteiger partial charge on any atom is -0.330 e. The Balaban J connectivity index is 1.29. The van der Waals surface area contributed by atoms with Crippen LogP contribution < -0.4 is 5.32 Å². The van der Waals surface area contributed by atoms with Crippen molar-refractivity contribution in [3.63, 3.8) is 0 Å². The van der Waals surface area contributed by atoms with E-state index in [4.69, 9.17) is 11.6 Å². The highest BCUT2D eigenvalue weighted by Gasteiger charge is 2.37. The maximum Gasteiger partial charge on any atom is 0.321 e. The fourth-order valence-electron chi connectivity index (χ4n) is 4.11. The number of carbonyl (C=O) groups excluding carboxylic acids is 3. The summed E-state index contributed by atoms with van der Waals surface area (Å²) in [5.74, 6) is -0.885. The van der Waals surface area contributed by atoms with Gasteiger partial charge in [0.05, 0.1) is 0 Å². The Kier molecular flexibility index (Phi) is 6.42. The Morgan fingerprint density at radius 3 is 2.26 bits per heavy atom. The van der Waals surface area contributed by atoms with Crippen molar-refractivity contribution >= 4 is 35.1 Å². The van der Waals surface area contributed by atoms with Gasteiger partial charge in [-0.05, 0) is 42.7 Å². The number of carbonyl (C=O) groups is 3. The Morgan fingerprint density at radius 1 is 0.903 bits per heavy atom. The van der Waals surface area contributed by atoms with E-state index in [1.165, 1.54) is 0 Å². The molecule has 2 aliphatic heterocycles. The van der Waals surface area contributed by atoms with Crippen LogP contribution in [0.5, 0.6) is 0 Å². The molecule has 2 saturated heterocycles. The van der Waals surface area contributed by atoms with Gasteiger partial charge < -0.3 is 20.0 Å². The van der Waals surface area contributed by atoms with Gasteiger partial charge in [-0.1, -0.05) is 41.9 Å². The summed E-state index contributed by atoms with van der Waals surface area (Å²) >= 11 is 5.88. The normalized spacial score (nSPS) is 17.8. The van der Waals surface area contributed by atoms with Gasteiger partial charge in [-0.3, -0.25) is 9.59 Å². The van der Waals surface area contributed by atoms with E-state index >= 15 is 0 Å². The van der Waals surface area contributed by atoms with Crippen molar-refractivity contribution in [2.24, 2.45) is 0 Å². The molecule has 2 fully saturated rings. The van der Waals surface area contributed by atoms with Crippen LogP contribution in [0.4, 0.5) is 10.5 Å². The lowest BCUT2D eigenvalue weighted by molar-refractivity contribution is -0.158. The van der Waals surface area contributed by atoms with E-state index in [1.807, 2.05) is 30.3 Å². The molecule has 2 aromatic carbocycles. The van der Waals surface area contributed by atoms with E-state index in [0.29, 0.717) is 56.3 Å². The summed E-state index contributed by atoms with van der Waals surface area (Å²) in [7, 11) is 0. The van der Waals surface area contributed by atoms with Crippen LogP contribution in [0.1, 0.15) is 18.4 Å². The summed E-state index contributed by atoms with van der Waals surface area (Å²) in [6.07, 6.45) is 1.32. The van der Waals surface area contributed by atoms with Crippen molar-refractivity contribution in [2.75, 3.05) is 31.5 Å². The standard InChI is InChI=1S/C23H25ClN4O3/c24-18-6-8-19(9-7-18)25-23(31)26-12-10-20(11-13-26)28-15-14-27(21(29)22(28)30)16-17-4-2-1-3-5-17/h1-9,20H,10-16H2,(H,25,31). The lowest BCUT2D eigenvalue weighted by atomic mass is 10.0. The van der Waals surface area contributed by atoms with Crippen molar-refractivity contribution < 1.29 is 14.4 Å². The van der Waals surface area contributed by atoms with Gasteiger partial charge in [0.25, 0.3) is 0 Å². The maximum absolute atomic E-state index is 12.7. The van der Waals surface area contributed by atoms with Gasteiger partial charge in [0.1, 0.15) is 0 Å².